The van der Waals surface area contributed by atoms with Gasteiger partial charge in [-0.1, -0.05) is 31.3 Å². The lowest BCUT2D eigenvalue weighted by atomic mass is 9.80. The number of rotatable bonds is 7. The fourth-order valence-corrected chi connectivity index (χ4v) is 6.21. The quantitative estimate of drug-likeness (QED) is 0.467. The maximum Gasteiger partial charge on any atom is 0.439 e. The molecule has 6 rings (SSSR count). The first-order chi connectivity index (χ1) is 18.4. The summed E-state index contributed by atoms with van der Waals surface area (Å²) >= 11 is 0. The van der Waals surface area contributed by atoms with E-state index < -0.39 is 5.76 Å². The molecule has 3 atom stereocenters. The SMILES string of the molecule is CC1CCC(Cn2c(N3CCO[C@H](C)[C@@H]3C)nc3nc(-c4noc(=O)[nH]4)nc(N[C@H](C)C4CCC4)c32)CC1. The number of nitrogens with one attached hydrogen (secondary N) is 2. The van der Waals surface area contributed by atoms with Crippen molar-refractivity contribution in [1.29, 1.82) is 0 Å². The zero-order chi connectivity index (χ0) is 26.4. The lowest BCUT2D eigenvalue weighted by molar-refractivity contribution is 0.0274. The van der Waals surface area contributed by atoms with E-state index in [0.717, 1.165) is 36.3 Å². The number of aromatic amines is 1. The average Bonchev–Trinajstić information content (AvgIpc) is 3.45. The minimum atomic E-state index is -0.630. The first-order valence-electron chi connectivity index (χ1n) is 14.4. The van der Waals surface area contributed by atoms with Crippen molar-refractivity contribution in [3.8, 4) is 11.6 Å². The van der Waals surface area contributed by atoms with Gasteiger partial charge in [0.15, 0.2) is 11.5 Å². The number of hydrogen-bond acceptors (Lipinski definition) is 9. The van der Waals surface area contributed by atoms with Crippen molar-refractivity contribution in [2.75, 3.05) is 23.4 Å². The van der Waals surface area contributed by atoms with Crippen LogP contribution in [0.2, 0.25) is 0 Å². The molecule has 1 saturated heterocycles. The maximum atomic E-state index is 11.7. The number of ether oxygens (including phenoxy) is 1. The van der Waals surface area contributed by atoms with Crippen LogP contribution in [0.25, 0.3) is 22.8 Å². The molecule has 2 aliphatic carbocycles. The molecule has 11 nitrogen and oxygen atoms in total. The van der Waals surface area contributed by atoms with E-state index >= 15 is 0 Å². The molecule has 38 heavy (non-hydrogen) atoms. The molecule has 2 saturated carbocycles. The lowest BCUT2D eigenvalue weighted by Gasteiger charge is -2.39. The predicted octanol–water partition coefficient (Wildman–Crippen LogP) is 4.21. The van der Waals surface area contributed by atoms with Crippen molar-refractivity contribution in [2.45, 2.75) is 97.4 Å². The highest BCUT2D eigenvalue weighted by atomic mass is 16.5. The smallest absolute Gasteiger partial charge is 0.375 e. The van der Waals surface area contributed by atoms with Crippen LogP contribution in [0.5, 0.6) is 0 Å². The maximum absolute atomic E-state index is 11.7. The summed E-state index contributed by atoms with van der Waals surface area (Å²) in [5.74, 6) is 3.53. The Morgan fingerprint density at radius 1 is 1.08 bits per heavy atom. The molecular formula is C27H40N8O3. The van der Waals surface area contributed by atoms with Crippen LogP contribution in [0.1, 0.15) is 72.6 Å². The van der Waals surface area contributed by atoms with Crippen LogP contribution >= 0.6 is 0 Å². The number of imidazole rings is 1. The third kappa shape index (κ3) is 4.81. The molecule has 11 heteroatoms. The summed E-state index contributed by atoms with van der Waals surface area (Å²) in [4.78, 5) is 31.5. The van der Waals surface area contributed by atoms with Gasteiger partial charge in [-0.15, -0.1) is 0 Å². The highest BCUT2D eigenvalue weighted by Gasteiger charge is 2.33. The molecule has 0 amide bonds. The fraction of sp³-hybridized carbons (Fsp3) is 0.741. The molecule has 0 radical (unpaired) electrons. The minimum absolute atomic E-state index is 0.102. The first-order valence-corrected chi connectivity index (χ1v) is 14.4. The van der Waals surface area contributed by atoms with Crippen molar-refractivity contribution >= 4 is 22.9 Å². The van der Waals surface area contributed by atoms with Crippen molar-refractivity contribution in [1.82, 2.24) is 29.7 Å². The van der Waals surface area contributed by atoms with Crippen LogP contribution in [0, 0.1) is 17.8 Å². The van der Waals surface area contributed by atoms with Gasteiger partial charge in [-0.05, 0) is 64.2 Å². The summed E-state index contributed by atoms with van der Waals surface area (Å²) in [6, 6.07) is 0.436. The summed E-state index contributed by atoms with van der Waals surface area (Å²) < 4.78 is 13.1. The second-order valence-electron chi connectivity index (χ2n) is 11.8. The van der Waals surface area contributed by atoms with Crippen molar-refractivity contribution in [3.63, 3.8) is 0 Å². The van der Waals surface area contributed by atoms with E-state index in [0.29, 0.717) is 29.9 Å². The molecule has 0 aromatic carbocycles. The fourth-order valence-electron chi connectivity index (χ4n) is 6.21. The van der Waals surface area contributed by atoms with Crippen LogP contribution in [0.15, 0.2) is 9.32 Å². The van der Waals surface area contributed by atoms with Gasteiger partial charge in [-0.2, -0.15) is 4.98 Å². The van der Waals surface area contributed by atoms with E-state index in [1.807, 2.05) is 0 Å². The average molecular weight is 525 g/mol. The predicted molar refractivity (Wildman–Crippen MR) is 145 cm³/mol. The molecule has 3 aromatic rings. The van der Waals surface area contributed by atoms with Crippen molar-refractivity contribution in [3.05, 3.63) is 10.6 Å². The van der Waals surface area contributed by atoms with Gasteiger partial charge in [0, 0.05) is 19.1 Å². The Kier molecular flexibility index (Phi) is 6.88. The molecule has 0 unspecified atom stereocenters. The Balaban J connectivity index is 1.49. The third-order valence-corrected chi connectivity index (χ3v) is 9.17. The van der Waals surface area contributed by atoms with Crippen LogP contribution in [0.3, 0.4) is 0 Å². The monoisotopic (exact) mass is 524 g/mol. The summed E-state index contributed by atoms with van der Waals surface area (Å²) in [6.07, 6.45) is 8.79. The van der Waals surface area contributed by atoms with Crippen molar-refractivity contribution < 1.29 is 9.26 Å². The van der Waals surface area contributed by atoms with E-state index in [4.69, 9.17) is 24.2 Å². The zero-order valence-corrected chi connectivity index (χ0v) is 22.9. The van der Waals surface area contributed by atoms with E-state index in [2.05, 4.69) is 52.6 Å². The van der Waals surface area contributed by atoms with Gasteiger partial charge >= 0.3 is 5.76 Å². The summed E-state index contributed by atoms with van der Waals surface area (Å²) in [6.45, 7) is 11.2. The summed E-state index contributed by atoms with van der Waals surface area (Å²) in [5, 5.41) is 7.58. The van der Waals surface area contributed by atoms with Gasteiger partial charge in [-0.3, -0.25) is 9.51 Å². The van der Waals surface area contributed by atoms with Gasteiger partial charge in [0.05, 0.1) is 18.8 Å². The topological polar surface area (TPSA) is 127 Å². The molecule has 206 valence electrons. The number of nitrogens with zero attached hydrogens (tertiary/aromatic N) is 6. The van der Waals surface area contributed by atoms with Crippen LogP contribution in [-0.2, 0) is 11.3 Å². The number of anilines is 2. The van der Waals surface area contributed by atoms with Gasteiger partial charge < -0.3 is 19.5 Å². The zero-order valence-electron chi connectivity index (χ0n) is 22.9. The van der Waals surface area contributed by atoms with Gasteiger partial charge in [-0.25, -0.2) is 14.8 Å². The third-order valence-electron chi connectivity index (χ3n) is 9.17. The highest BCUT2D eigenvalue weighted by molar-refractivity contribution is 5.87. The Morgan fingerprint density at radius 2 is 1.87 bits per heavy atom. The number of fused-ring (bicyclic) bond motifs is 1. The molecule has 3 aromatic heterocycles. The van der Waals surface area contributed by atoms with Gasteiger partial charge in [0.2, 0.25) is 17.6 Å². The van der Waals surface area contributed by atoms with E-state index in [1.54, 1.807) is 0 Å². The summed E-state index contributed by atoms with van der Waals surface area (Å²) in [5.41, 5.74) is 1.53. The van der Waals surface area contributed by atoms with Crippen molar-refractivity contribution in [2.24, 2.45) is 17.8 Å². The second-order valence-corrected chi connectivity index (χ2v) is 11.8. The van der Waals surface area contributed by atoms with E-state index in [9.17, 15) is 4.79 Å². The molecule has 0 bridgehead atoms. The molecule has 3 fully saturated rings. The Bertz CT molecular complexity index is 1320. The normalized spacial score (nSPS) is 27.4. The largest absolute Gasteiger partial charge is 0.439 e. The molecule has 0 spiro atoms. The van der Waals surface area contributed by atoms with Gasteiger partial charge in [0.25, 0.3) is 0 Å². The number of morpholine rings is 1. The van der Waals surface area contributed by atoms with Gasteiger partial charge in [0.1, 0.15) is 5.52 Å². The van der Waals surface area contributed by atoms with Crippen LogP contribution in [0.4, 0.5) is 11.8 Å². The van der Waals surface area contributed by atoms with E-state index in [1.165, 1.54) is 44.9 Å². The Labute approximate surface area is 222 Å². The molecule has 4 heterocycles. The van der Waals surface area contributed by atoms with E-state index in [-0.39, 0.29) is 24.0 Å². The molecule has 1 aliphatic heterocycles. The van der Waals surface area contributed by atoms with Crippen LogP contribution in [-0.4, -0.2) is 61.0 Å². The standard InChI is InChI=1S/C27H40N8O3/c1-15-8-10-19(11-9-15)14-35-21-22(28-16(2)20-6-5-7-20)29-24(25-32-27(36)38-33-25)30-23(21)31-26(35)34-12-13-37-18(4)17(34)3/h15-20H,5-14H2,1-4H3,(H,28,29,30)(H,32,33,36)/t15?,16-,17+,18-,19?/m1/s1. The molecule has 3 aliphatic rings. The highest BCUT2D eigenvalue weighted by Crippen LogP contribution is 2.37. The number of aromatic nitrogens is 6. The lowest BCUT2D eigenvalue weighted by Crippen LogP contribution is -2.49. The Morgan fingerprint density at radius 3 is 2.55 bits per heavy atom. The first kappa shape index (κ1) is 25.3. The number of hydrogen-bond donors (Lipinski definition) is 2. The summed E-state index contributed by atoms with van der Waals surface area (Å²) in [7, 11) is 0. The minimum Gasteiger partial charge on any atom is -0.375 e. The van der Waals surface area contributed by atoms with Crippen LogP contribution < -0.4 is 16.0 Å². The number of H-pyrrole nitrogens is 1. The Hall–Kier alpha value is -2.95. The second kappa shape index (κ2) is 10.3. The molecule has 2 N–H and O–H groups in total. The molecular weight excluding hydrogens is 484 g/mol.